The quantitative estimate of drug-likeness (QED) is 0.343. The number of ether oxygens (including phenoxy) is 1. The minimum atomic E-state index is -4.61. The lowest BCUT2D eigenvalue weighted by atomic mass is 10.1. The van der Waals surface area contributed by atoms with Crippen LogP contribution in [0.5, 0.6) is 5.75 Å². The average molecular weight is 470 g/mol. The second-order valence-electron chi connectivity index (χ2n) is 7.63. The number of nitrogens with zero attached hydrogens (tertiary/aromatic N) is 2. The van der Waals surface area contributed by atoms with Crippen molar-refractivity contribution in [2.75, 3.05) is 13.2 Å². The van der Waals surface area contributed by atoms with Gasteiger partial charge in [-0.25, -0.2) is 4.39 Å². The Balaban J connectivity index is 1.67. The SMILES string of the molecule is CC(N)(CO)c1nnc(-c2ccc(OCCCCc3ccc(F)cc3)c(C(F)(F)F)c2)s1. The first-order chi connectivity index (χ1) is 15.1. The van der Waals surface area contributed by atoms with E-state index in [2.05, 4.69) is 10.2 Å². The second kappa shape index (κ2) is 9.93. The summed E-state index contributed by atoms with van der Waals surface area (Å²) in [5.41, 5.74) is 5.08. The number of unbranched alkanes of at least 4 members (excludes halogenated alkanes) is 1. The summed E-state index contributed by atoms with van der Waals surface area (Å²) >= 11 is 1.03. The number of aliphatic hydroxyl groups excluding tert-OH is 1. The molecule has 5 nitrogen and oxygen atoms in total. The molecular formula is C22H23F4N3O2S. The smallest absolute Gasteiger partial charge is 0.419 e. The summed E-state index contributed by atoms with van der Waals surface area (Å²) in [5.74, 6) is -0.567. The molecule has 172 valence electrons. The molecule has 1 heterocycles. The van der Waals surface area contributed by atoms with E-state index < -0.39 is 17.3 Å². The molecule has 0 bridgehead atoms. The lowest BCUT2D eigenvalue weighted by Crippen LogP contribution is -2.36. The third-order valence-electron chi connectivity index (χ3n) is 4.80. The second-order valence-corrected chi connectivity index (χ2v) is 8.61. The highest BCUT2D eigenvalue weighted by atomic mass is 32.1. The fourth-order valence-electron chi connectivity index (χ4n) is 2.91. The van der Waals surface area contributed by atoms with Gasteiger partial charge in [0.25, 0.3) is 0 Å². The van der Waals surface area contributed by atoms with Crippen LogP contribution in [0.25, 0.3) is 10.6 Å². The van der Waals surface area contributed by atoms with Crippen LogP contribution in [0.1, 0.15) is 35.9 Å². The van der Waals surface area contributed by atoms with Crippen LogP contribution in [0, 0.1) is 5.82 Å². The number of alkyl halides is 3. The zero-order valence-corrected chi connectivity index (χ0v) is 18.1. The van der Waals surface area contributed by atoms with Gasteiger partial charge >= 0.3 is 6.18 Å². The minimum absolute atomic E-state index is 0.120. The van der Waals surface area contributed by atoms with Crippen molar-refractivity contribution in [3.63, 3.8) is 0 Å². The first-order valence-electron chi connectivity index (χ1n) is 9.93. The Morgan fingerprint density at radius 3 is 2.44 bits per heavy atom. The molecule has 0 aliphatic heterocycles. The van der Waals surface area contributed by atoms with Gasteiger partial charge in [-0.1, -0.05) is 23.5 Å². The molecule has 1 unspecified atom stereocenters. The Bertz CT molecular complexity index is 1040. The summed E-state index contributed by atoms with van der Waals surface area (Å²) < 4.78 is 59.2. The van der Waals surface area contributed by atoms with Gasteiger partial charge in [-0.2, -0.15) is 13.2 Å². The Morgan fingerprint density at radius 2 is 1.78 bits per heavy atom. The Labute approximate surface area is 186 Å². The van der Waals surface area contributed by atoms with E-state index >= 15 is 0 Å². The van der Waals surface area contributed by atoms with E-state index in [4.69, 9.17) is 10.5 Å². The van der Waals surface area contributed by atoms with Gasteiger partial charge in [0.1, 0.15) is 21.6 Å². The highest BCUT2D eigenvalue weighted by Crippen LogP contribution is 2.39. The van der Waals surface area contributed by atoms with E-state index in [9.17, 15) is 22.7 Å². The van der Waals surface area contributed by atoms with Gasteiger partial charge in [0.2, 0.25) is 0 Å². The summed E-state index contributed by atoms with van der Waals surface area (Å²) in [7, 11) is 0. The van der Waals surface area contributed by atoms with Crippen LogP contribution in [0.4, 0.5) is 17.6 Å². The van der Waals surface area contributed by atoms with Gasteiger partial charge in [-0.15, -0.1) is 10.2 Å². The Morgan fingerprint density at radius 1 is 1.06 bits per heavy atom. The van der Waals surface area contributed by atoms with E-state index in [-0.39, 0.29) is 35.4 Å². The maximum atomic E-state index is 13.6. The number of hydrogen-bond donors (Lipinski definition) is 2. The van der Waals surface area contributed by atoms with Crippen LogP contribution in [0.3, 0.4) is 0 Å². The van der Waals surface area contributed by atoms with Crippen LogP contribution in [-0.4, -0.2) is 28.5 Å². The fraction of sp³-hybridized carbons (Fsp3) is 0.364. The van der Waals surface area contributed by atoms with Gasteiger partial charge in [-0.3, -0.25) is 0 Å². The van der Waals surface area contributed by atoms with Crippen LogP contribution < -0.4 is 10.5 Å². The number of nitrogens with two attached hydrogens (primary N) is 1. The predicted octanol–water partition coefficient (Wildman–Crippen LogP) is 4.93. The molecule has 0 fully saturated rings. The molecule has 10 heteroatoms. The van der Waals surface area contributed by atoms with Crippen LogP contribution in [-0.2, 0) is 18.1 Å². The highest BCUT2D eigenvalue weighted by Gasteiger charge is 2.35. The molecule has 0 aliphatic rings. The molecular weight excluding hydrogens is 446 g/mol. The Kier molecular flexibility index (Phi) is 7.47. The summed E-state index contributed by atoms with van der Waals surface area (Å²) in [6, 6.07) is 9.86. The average Bonchev–Trinajstić information content (AvgIpc) is 3.25. The van der Waals surface area contributed by atoms with Crippen molar-refractivity contribution in [2.45, 2.75) is 37.9 Å². The molecule has 0 saturated heterocycles. The fourth-order valence-corrected chi connectivity index (χ4v) is 3.80. The maximum Gasteiger partial charge on any atom is 0.419 e. The van der Waals surface area contributed by atoms with Crippen LogP contribution >= 0.6 is 11.3 Å². The molecule has 3 N–H and O–H groups in total. The standard InChI is InChI=1S/C22H23F4N3O2S/c1-21(27,13-30)20-29-28-19(32-20)15-7-10-18(17(12-15)22(24,25)26)31-11-3-2-4-14-5-8-16(23)9-6-14/h5-10,12,30H,2-4,11,13,27H2,1H3. The number of aromatic nitrogens is 2. The third kappa shape index (κ3) is 6.02. The monoisotopic (exact) mass is 469 g/mol. The van der Waals surface area contributed by atoms with Gasteiger partial charge < -0.3 is 15.6 Å². The first-order valence-corrected chi connectivity index (χ1v) is 10.7. The summed E-state index contributed by atoms with van der Waals surface area (Å²) in [5, 5.41) is 17.8. The van der Waals surface area contributed by atoms with Crippen molar-refractivity contribution >= 4 is 11.3 Å². The number of halogens is 4. The van der Waals surface area contributed by atoms with Gasteiger partial charge in [0.05, 0.1) is 24.3 Å². The molecule has 0 radical (unpaired) electrons. The van der Waals surface area contributed by atoms with Crippen molar-refractivity contribution < 1.29 is 27.4 Å². The topological polar surface area (TPSA) is 81.3 Å². The van der Waals surface area contributed by atoms with Crippen LogP contribution in [0.2, 0.25) is 0 Å². The Hall–Kier alpha value is -2.56. The predicted molar refractivity (Wildman–Crippen MR) is 114 cm³/mol. The van der Waals surface area contributed by atoms with Crippen LogP contribution in [0.15, 0.2) is 42.5 Å². The largest absolute Gasteiger partial charge is 0.493 e. The normalized spacial score (nSPS) is 13.7. The number of rotatable bonds is 9. The number of aryl methyl sites for hydroxylation is 1. The van der Waals surface area contributed by atoms with E-state index in [0.717, 1.165) is 23.0 Å². The molecule has 0 saturated carbocycles. The van der Waals surface area contributed by atoms with Gasteiger partial charge in [0.15, 0.2) is 0 Å². The number of aliphatic hydroxyl groups is 1. The molecule has 1 aromatic heterocycles. The van der Waals surface area contributed by atoms with Crippen molar-refractivity contribution in [1.29, 1.82) is 0 Å². The molecule has 2 aromatic carbocycles. The van der Waals surface area contributed by atoms with Gasteiger partial charge in [-0.05, 0) is 62.1 Å². The first kappa shape index (κ1) is 24.1. The van der Waals surface area contributed by atoms with Crippen molar-refractivity contribution in [3.05, 3.63) is 64.4 Å². The third-order valence-corrected chi connectivity index (χ3v) is 6.06. The molecule has 0 aliphatic carbocycles. The molecule has 32 heavy (non-hydrogen) atoms. The lowest BCUT2D eigenvalue weighted by molar-refractivity contribution is -0.138. The van der Waals surface area contributed by atoms with E-state index in [1.54, 1.807) is 19.1 Å². The molecule has 3 rings (SSSR count). The molecule has 1 atom stereocenters. The number of benzene rings is 2. The minimum Gasteiger partial charge on any atom is -0.493 e. The van der Waals surface area contributed by atoms with Crippen molar-refractivity contribution in [3.8, 4) is 16.3 Å². The lowest BCUT2D eigenvalue weighted by Gasteiger charge is -2.17. The number of hydrogen-bond acceptors (Lipinski definition) is 6. The summed E-state index contributed by atoms with van der Waals surface area (Å²) in [4.78, 5) is 0. The summed E-state index contributed by atoms with van der Waals surface area (Å²) in [6.45, 7) is 1.31. The van der Waals surface area contributed by atoms with Crippen molar-refractivity contribution in [1.82, 2.24) is 10.2 Å². The van der Waals surface area contributed by atoms with E-state index in [1.807, 2.05) is 0 Å². The van der Waals surface area contributed by atoms with Crippen molar-refractivity contribution in [2.24, 2.45) is 5.73 Å². The molecule has 3 aromatic rings. The zero-order valence-electron chi connectivity index (χ0n) is 17.3. The zero-order chi connectivity index (χ0) is 23.4. The highest BCUT2D eigenvalue weighted by molar-refractivity contribution is 7.14. The molecule has 0 spiro atoms. The van der Waals surface area contributed by atoms with E-state index in [1.165, 1.54) is 24.3 Å². The van der Waals surface area contributed by atoms with Gasteiger partial charge in [0, 0.05) is 5.56 Å². The maximum absolute atomic E-state index is 13.6. The van der Waals surface area contributed by atoms with E-state index in [0.29, 0.717) is 24.3 Å². The summed E-state index contributed by atoms with van der Waals surface area (Å²) in [6.07, 6.45) is -2.68. The molecule has 0 amide bonds.